The van der Waals surface area contributed by atoms with E-state index in [2.05, 4.69) is 4.99 Å². The van der Waals surface area contributed by atoms with Crippen LogP contribution in [-0.4, -0.2) is 20.2 Å². The molecule has 0 aromatic heterocycles. The van der Waals surface area contributed by atoms with Crippen molar-refractivity contribution in [1.29, 1.82) is 0 Å². The molecule has 15 heavy (non-hydrogen) atoms. The van der Waals surface area contributed by atoms with Gasteiger partial charge >= 0.3 is 0 Å². The number of benzene rings is 1. The highest BCUT2D eigenvalue weighted by Crippen LogP contribution is 2.30. The Labute approximate surface area is 88.7 Å². The molecular weight excluding hydrogens is 194 g/mol. The van der Waals surface area contributed by atoms with E-state index in [1.807, 2.05) is 18.2 Å². The van der Waals surface area contributed by atoms with Crippen LogP contribution in [0.3, 0.4) is 0 Å². The Balaban J connectivity index is 3.01. The number of rotatable bonds is 4. The van der Waals surface area contributed by atoms with E-state index in [-0.39, 0.29) is 5.96 Å². The number of hydrogen-bond acceptors (Lipinski definition) is 3. The summed E-state index contributed by atoms with van der Waals surface area (Å²) in [4.78, 5) is 3.92. The lowest BCUT2D eigenvalue weighted by Crippen LogP contribution is -2.22. The first kappa shape index (κ1) is 11.2. The van der Waals surface area contributed by atoms with Gasteiger partial charge in [0.05, 0.1) is 20.8 Å². The molecule has 0 radical (unpaired) electrons. The third kappa shape index (κ3) is 2.77. The second-order valence-electron chi connectivity index (χ2n) is 2.89. The molecular formula is C10H15N3O2. The van der Waals surface area contributed by atoms with Crippen LogP contribution in [0.5, 0.6) is 11.5 Å². The molecule has 0 bridgehead atoms. The molecule has 0 unspecified atom stereocenters. The molecule has 0 aliphatic rings. The van der Waals surface area contributed by atoms with E-state index >= 15 is 0 Å². The second-order valence-corrected chi connectivity index (χ2v) is 2.89. The molecule has 0 saturated heterocycles. The summed E-state index contributed by atoms with van der Waals surface area (Å²) in [6, 6.07) is 5.56. The van der Waals surface area contributed by atoms with Crippen LogP contribution >= 0.6 is 0 Å². The topological polar surface area (TPSA) is 82.9 Å². The maximum Gasteiger partial charge on any atom is 0.186 e. The standard InChI is InChI=1S/C10H15N3O2/c1-14-8-5-3-4-7(9(8)15-2)6-13-10(11)12/h3-5H,6H2,1-2H3,(H4,11,12,13). The summed E-state index contributed by atoms with van der Waals surface area (Å²) in [5.41, 5.74) is 11.4. The van der Waals surface area contributed by atoms with Crippen LogP contribution in [0.15, 0.2) is 23.2 Å². The van der Waals surface area contributed by atoms with E-state index in [1.165, 1.54) is 0 Å². The lowest BCUT2D eigenvalue weighted by molar-refractivity contribution is 0.352. The van der Waals surface area contributed by atoms with Crippen LogP contribution in [0.4, 0.5) is 0 Å². The fraction of sp³-hybridized carbons (Fsp3) is 0.300. The third-order valence-corrected chi connectivity index (χ3v) is 1.92. The highest BCUT2D eigenvalue weighted by atomic mass is 16.5. The van der Waals surface area contributed by atoms with Crippen molar-refractivity contribution in [3.05, 3.63) is 23.8 Å². The Morgan fingerprint density at radius 3 is 2.53 bits per heavy atom. The summed E-state index contributed by atoms with van der Waals surface area (Å²) in [5.74, 6) is 1.38. The zero-order chi connectivity index (χ0) is 11.3. The fourth-order valence-electron chi connectivity index (χ4n) is 1.25. The molecule has 1 aromatic rings. The van der Waals surface area contributed by atoms with Crippen molar-refractivity contribution in [1.82, 2.24) is 0 Å². The third-order valence-electron chi connectivity index (χ3n) is 1.92. The molecule has 5 heteroatoms. The van der Waals surface area contributed by atoms with Gasteiger partial charge in [-0.25, -0.2) is 4.99 Å². The van der Waals surface area contributed by atoms with Gasteiger partial charge in [0.2, 0.25) is 0 Å². The molecule has 82 valence electrons. The summed E-state index contributed by atoms with van der Waals surface area (Å²) >= 11 is 0. The van der Waals surface area contributed by atoms with E-state index in [0.717, 1.165) is 5.56 Å². The Morgan fingerprint density at radius 2 is 2.00 bits per heavy atom. The number of nitrogens with zero attached hydrogens (tertiary/aromatic N) is 1. The predicted octanol–water partition coefficient (Wildman–Crippen LogP) is 0.477. The van der Waals surface area contributed by atoms with Crippen molar-refractivity contribution in [2.45, 2.75) is 6.54 Å². The average Bonchev–Trinajstić information content (AvgIpc) is 2.25. The van der Waals surface area contributed by atoms with Gasteiger partial charge in [0.15, 0.2) is 17.5 Å². The van der Waals surface area contributed by atoms with Gasteiger partial charge in [-0.1, -0.05) is 12.1 Å². The number of guanidine groups is 1. The van der Waals surface area contributed by atoms with Crippen molar-refractivity contribution < 1.29 is 9.47 Å². The minimum atomic E-state index is 0.0554. The van der Waals surface area contributed by atoms with E-state index in [9.17, 15) is 0 Å². The summed E-state index contributed by atoms with van der Waals surface area (Å²) in [6.07, 6.45) is 0. The minimum Gasteiger partial charge on any atom is -0.493 e. The molecule has 0 aliphatic heterocycles. The molecule has 0 amide bonds. The smallest absolute Gasteiger partial charge is 0.186 e. The van der Waals surface area contributed by atoms with Gasteiger partial charge in [0.1, 0.15) is 0 Å². The van der Waals surface area contributed by atoms with Gasteiger partial charge in [0, 0.05) is 5.56 Å². The second kappa shape index (κ2) is 5.09. The summed E-state index contributed by atoms with van der Waals surface area (Å²) in [6.45, 7) is 0.378. The summed E-state index contributed by atoms with van der Waals surface area (Å²) in [5, 5.41) is 0. The minimum absolute atomic E-state index is 0.0554. The number of methoxy groups -OCH3 is 2. The molecule has 0 heterocycles. The van der Waals surface area contributed by atoms with E-state index in [1.54, 1.807) is 14.2 Å². The number of aliphatic imine (C=N–C) groups is 1. The van der Waals surface area contributed by atoms with E-state index in [4.69, 9.17) is 20.9 Å². The van der Waals surface area contributed by atoms with Crippen molar-refractivity contribution in [3.8, 4) is 11.5 Å². The Bertz CT molecular complexity index is 360. The zero-order valence-corrected chi connectivity index (χ0v) is 8.86. The lowest BCUT2D eigenvalue weighted by Gasteiger charge is -2.10. The van der Waals surface area contributed by atoms with Gasteiger partial charge in [0.25, 0.3) is 0 Å². The molecule has 0 fully saturated rings. The first-order chi connectivity index (χ1) is 7.19. The molecule has 0 spiro atoms. The molecule has 5 nitrogen and oxygen atoms in total. The molecule has 4 N–H and O–H groups in total. The first-order valence-electron chi connectivity index (χ1n) is 4.44. The summed E-state index contributed by atoms with van der Waals surface area (Å²) < 4.78 is 10.4. The monoisotopic (exact) mass is 209 g/mol. The van der Waals surface area contributed by atoms with Crippen LogP contribution in [0.1, 0.15) is 5.56 Å². The largest absolute Gasteiger partial charge is 0.493 e. The van der Waals surface area contributed by atoms with Gasteiger partial charge in [-0.3, -0.25) is 0 Å². The Kier molecular flexibility index (Phi) is 3.79. The molecule has 0 aliphatic carbocycles. The quantitative estimate of drug-likeness (QED) is 0.558. The van der Waals surface area contributed by atoms with Crippen molar-refractivity contribution in [3.63, 3.8) is 0 Å². The number of para-hydroxylation sites is 1. The van der Waals surface area contributed by atoms with E-state index in [0.29, 0.717) is 18.0 Å². The maximum absolute atomic E-state index is 5.26. The normalized spacial score (nSPS) is 9.47. The maximum atomic E-state index is 5.26. The van der Waals surface area contributed by atoms with Crippen LogP contribution in [0.2, 0.25) is 0 Å². The molecule has 0 saturated carbocycles. The molecule has 0 atom stereocenters. The number of hydrogen-bond donors (Lipinski definition) is 2. The molecule has 1 rings (SSSR count). The van der Waals surface area contributed by atoms with Gasteiger partial charge in [-0.2, -0.15) is 0 Å². The SMILES string of the molecule is COc1cccc(CN=C(N)N)c1OC. The van der Waals surface area contributed by atoms with Gasteiger partial charge < -0.3 is 20.9 Å². The average molecular weight is 209 g/mol. The molecule has 1 aromatic carbocycles. The fourth-order valence-corrected chi connectivity index (χ4v) is 1.25. The number of nitrogens with two attached hydrogens (primary N) is 2. The summed E-state index contributed by atoms with van der Waals surface area (Å²) in [7, 11) is 3.17. The van der Waals surface area contributed by atoms with Crippen LogP contribution in [0, 0.1) is 0 Å². The highest BCUT2D eigenvalue weighted by Gasteiger charge is 2.08. The Hall–Kier alpha value is -1.91. The lowest BCUT2D eigenvalue weighted by atomic mass is 10.2. The zero-order valence-electron chi connectivity index (χ0n) is 8.86. The first-order valence-corrected chi connectivity index (χ1v) is 4.44. The van der Waals surface area contributed by atoms with E-state index < -0.39 is 0 Å². The van der Waals surface area contributed by atoms with Gasteiger partial charge in [-0.05, 0) is 6.07 Å². The number of ether oxygens (including phenoxy) is 2. The Morgan fingerprint density at radius 1 is 1.27 bits per heavy atom. The van der Waals surface area contributed by atoms with Crippen LogP contribution in [0.25, 0.3) is 0 Å². The van der Waals surface area contributed by atoms with Crippen molar-refractivity contribution in [2.75, 3.05) is 14.2 Å². The van der Waals surface area contributed by atoms with Crippen LogP contribution in [-0.2, 0) is 6.54 Å². The van der Waals surface area contributed by atoms with Crippen LogP contribution < -0.4 is 20.9 Å². The highest BCUT2D eigenvalue weighted by molar-refractivity contribution is 5.75. The van der Waals surface area contributed by atoms with Gasteiger partial charge in [-0.15, -0.1) is 0 Å². The van der Waals surface area contributed by atoms with Crippen molar-refractivity contribution in [2.24, 2.45) is 16.5 Å². The predicted molar refractivity (Wildman–Crippen MR) is 59.1 cm³/mol. The van der Waals surface area contributed by atoms with Crippen molar-refractivity contribution >= 4 is 5.96 Å².